The number of hydrogen-bond donors (Lipinski definition) is 2. The predicted octanol–water partition coefficient (Wildman–Crippen LogP) is 1.31. The molecule has 0 aromatic carbocycles. The Morgan fingerprint density at radius 1 is 1.20 bits per heavy atom. The smallest absolute Gasteiger partial charge is 0.244 e. The van der Waals surface area contributed by atoms with Crippen LogP contribution >= 0.6 is 0 Å². The Morgan fingerprint density at radius 3 is 2.65 bits per heavy atom. The fourth-order valence-electron chi connectivity index (χ4n) is 1.65. The fraction of sp³-hybridized carbons (Fsp3) is 0.231. The Morgan fingerprint density at radius 2 is 2.00 bits per heavy atom. The summed E-state index contributed by atoms with van der Waals surface area (Å²) >= 11 is 0. The molecule has 0 radical (unpaired) electrons. The van der Waals surface area contributed by atoms with Gasteiger partial charge in [0.05, 0.1) is 0 Å². The monoisotopic (exact) mass is 292 g/mol. The van der Waals surface area contributed by atoms with Crippen LogP contribution in [0.5, 0.6) is 0 Å². The minimum Gasteiger partial charge on any atom is -0.372 e. The van der Waals surface area contributed by atoms with Gasteiger partial charge in [-0.2, -0.15) is 0 Å². The van der Waals surface area contributed by atoms with Crippen LogP contribution in [0.25, 0.3) is 0 Å². The molecule has 0 amide bonds. The van der Waals surface area contributed by atoms with Crippen LogP contribution in [0.3, 0.4) is 0 Å². The van der Waals surface area contributed by atoms with Gasteiger partial charge in [-0.1, -0.05) is 6.07 Å². The zero-order valence-electron chi connectivity index (χ0n) is 11.3. The zero-order chi connectivity index (χ0) is 14.6. The van der Waals surface area contributed by atoms with E-state index < -0.39 is 10.0 Å². The first kappa shape index (κ1) is 14.4. The Balaban J connectivity index is 2.17. The maximum atomic E-state index is 12.2. The lowest BCUT2D eigenvalue weighted by atomic mass is 10.2. The lowest BCUT2D eigenvalue weighted by Gasteiger charge is -2.10. The van der Waals surface area contributed by atoms with E-state index in [9.17, 15) is 8.42 Å². The molecule has 0 saturated heterocycles. The van der Waals surface area contributed by atoms with Gasteiger partial charge in [0.15, 0.2) is 0 Å². The van der Waals surface area contributed by atoms with Crippen LogP contribution in [0.1, 0.15) is 11.3 Å². The van der Waals surface area contributed by atoms with E-state index in [1.54, 1.807) is 19.3 Å². The molecule has 0 bridgehead atoms. The number of aromatic nitrogens is 2. The van der Waals surface area contributed by atoms with Crippen LogP contribution in [0.2, 0.25) is 0 Å². The highest BCUT2D eigenvalue weighted by Gasteiger charge is 2.18. The summed E-state index contributed by atoms with van der Waals surface area (Å²) < 4.78 is 27.0. The second-order valence-electron chi connectivity index (χ2n) is 4.23. The molecule has 0 unspecified atom stereocenters. The first-order chi connectivity index (χ1) is 9.53. The number of pyridine rings is 2. The molecule has 0 fully saturated rings. The molecule has 7 heteroatoms. The highest BCUT2D eigenvalue weighted by molar-refractivity contribution is 7.89. The lowest BCUT2D eigenvalue weighted by molar-refractivity contribution is 0.581. The first-order valence-corrected chi connectivity index (χ1v) is 7.55. The van der Waals surface area contributed by atoms with Crippen molar-refractivity contribution in [3.8, 4) is 0 Å². The third-order valence-electron chi connectivity index (χ3n) is 2.74. The lowest BCUT2D eigenvalue weighted by Crippen LogP contribution is -2.24. The molecule has 2 aromatic rings. The normalized spacial score (nSPS) is 11.3. The average Bonchev–Trinajstić information content (AvgIpc) is 2.46. The Labute approximate surface area is 118 Å². The third-order valence-corrected chi connectivity index (χ3v) is 4.17. The van der Waals surface area contributed by atoms with Gasteiger partial charge in [-0.3, -0.25) is 4.98 Å². The molecule has 106 valence electrons. The van der Waals surface area contributed by atoms with Gasteiger partial charge in [0, 0.05) is 31.7 Å². The van der Waals surface area contributed by atoms with E-state index in [0.717, 1.165) is 11.3 Å². The van der Waals surface area contributed by atoms with Crippen LogP contribution in [0.4, 0.5) is 5.82 Å². The van der Waals surface area contributed by atoms with Gasteiger partial charge in [0.1, 0.15) is 10.7 Å². The molecule has 0 saturated carbocycles. The summed E-state index contributed by atoms with van der Waals surface area (Å²) in [6.45, 7) is 2.07. The molecule has 2 rings (SSSR count). The second-order valence-corrected chi connectivity index (χ2v) is 5.97. The minimum absolute atomic E-state index is 0.127. The SMILES string of the molecule is CNc1ncccc1S(=O)(=O)NCc1ccc(C)nc1. The van der Waals surface area contributed by atoms with Crippen molar-refractivity contribution in [3.05, 3.63) is 47.9 Å². The Hall–Kier alpha value is -1.99. The molecule has 2 aromatic heterocycles. The molecule has 0 atom stereocenters. The summed E-state index contributed by atoms with van der Waals surface area (Å²) in [6, 6.07) is 6.78. The van der Waals surface area contributed by atoms with Gasteiger partial charge < -0.3 is 5.32 Å². The van der Waals surface area contributed by atoms with Crippen molar-refractivity contribution in [1.82, 2.24) is 14.7 Å². The van der Waals surface area contributed by atoms with Crippen LogP contribution in [-0.4, -0.2) is 25.4 Å². The van der Waals surface area contributed by atoms with E-state index in [2.05, 4.69) is 20.0 Å². The largest absolute Gasteiger partial charge is 0.372 e. The summed E-state index contributed by atoms with van der Waals surface area (Å²) in [5.74, 6) is 0.321. The van der Waals surface area contributed by atoms with Crippen molar-refractivity contribution >= 4 is 15.8 Å². The molecule has 0 aliphatic carbocycles. The molecule has 6 nitrogen and oxygen atoms in total. The molecule has 0 aliphatic rings. The number of hydrogen-bond acceptors (Lipinski definition) is 5. The maximum absolute atomic E-state index is 12.2. The summed E-state index contributed by atoms with van der Waals surface area (Å²) in [6.07, 6.45) is 3.19. The number of anilines is 1. The van der Waals surface area contributed by atoms with Crippen LogP contribution in [-0.2, 0) is 16.6 Å². The fourth-order valence-corrected chi connectivity index (χ4v) is 2.83. The molecule has 0 aliphatic heterocycles. The van der Waals surface area contributed by atoms with Gasteiger partial charge in [0.2, 0.25) is 10.0 Å². The Kier molecular flexibility index (Phi) is 4.31. The molecular weight excluding hydrogens is 276 g/mol. The van der Waals surface area contributed by atoms with Crippen molar-refractivity contribution in [3.63, 3.8) is 0 Å². The van der Waals surface area contributed by atoms with E-state index in [0.29, 0.717) is 5.82 Å². The van der Waals surface area contributed by atoms with E-state index in [-0.39, 0.29) is 11.4 Å². The van der Waals surface area contributed by atoms with E-state index >= 15 is 0 Å². The highest BCUT2D eigenvalue weighted by Crippen LogP contribution is 2.17. The molecule has 0 spiro atoms. The van der Waals surface area contributed by atoms with Gasteiger partial charge in [-0.25, -0.2) is 18.1 Å². The number of aryl methyl sites for hydroxylation is 1. The number of sulfonamides is 1. The molecule has 2 heterocycles. The summed E-state index contributed by atoms with van der Waals surface area (Å²) in [4.78, 5) is 8.24. The van der Waals surface area contributed by atoms with Gasteiger partial charge >= 0.3 is 0 Å². The zero-order valence-corrected chi connectivity index (χ0v) is 12.1. The van der Waals surface area contributed by atoms with E-state index in [1.807, 2.05) is 19.1 Å². The number of nitrogens with zero attached hydrogens (tertiary/aromatic N) is 2. The molecular formula is C13H16N4O2S. The van der Waals surface area contributed by atoms with Crippen molar-refractivity contribution in [2.75, 3.05) is 12.4 Å². The topological polar surface area (TPSA) is 84.0 Å². The minimum atomic E-state index is -3.61. The predicted molar refractivity (Wildman–Crippen MR) is 76.8 cm³/mol. The first-order valence-electron chi connectivity index (χ1n) is 6.07. The van der Waals surface area contributed by atoms with E-state index in [1.165, 1.54) is 12.3 Å². The quantitative estimate of drug-likeness (QED) is 0.868. The average molecular weight is 292 g/mol. The summed E-state index contributed by atoms with van der Waals surface area (Å²) in [5.41, 5.74) is 1.69. The number of nitrogens with one attached hydrogen (secondary N) is 2. The van der Waals surface area contributed by atoms with Crippen LogP contribution < -0.4 is 10.0 Å². The summed E-state index contributed by atoms with van der Waals surface area (Å²) in [7, 11) is -1.98. The van der Waals surface area contributed by atoms with Crippen molar-refractivity contribution < 1.29 is 8.42 Å². The van der Waals surface area contributed by atoms with Gasteiger partial charge in [0.25, 0.3) is 0 Å². The summed E-state index contributed by atoms with van der Waals surface area (Å²) in [5, 5.41) is 2.76. The van der Waals surface area contributed by atoms with Crippen molar-refractivity contribution in [1.29, 1.82) is 0 Å². The van der Waals surface area contributed by atoms with Crippen molar-refractivity contribution in [2.45, 2.75) is 18.4 Å². The number of rotatable bonds is 5. The highest BCUT2D eigenvalue weighted by atomic mass is 32.2. The van der Waals surface area contributed by atoms with Crippen LogP contribution in [0.15, 0.2) is 41.6 Å². The molecule has 2 N–H and O–H groups in total. The van der Waals surface area contributed by atoms with Crippen molar-refractivity contribution in [2.24, 2.45) is 0 Å². The third kappa shape index (κ3) is 3.31. The second kappa shape index (κ2) is 5.98. The Bertz CT molecular complexity index is 684. The standard InChI is InChI=1S/C13H16N4O2S/c1-10-5-6-11(8-16-10)9-17-20(18,19)12-4-3-7-15-13(12)14-2/h3-8,17H,9H2,1-2H3,(H,14,15). The molecule has 20 heavy (non-hydrogen) atoms. The van der Waals surface area contributed by atoms with Gasteiger partial charge in [-0.15, -0.1) is 0 Å². The van der Waals surface area contributed by atoms with E-state index in [4.69, 9.17) is 0 Å². The van der Waals surface area contributed by atoms with Gasteiger partial charge in [-0.05, 0) is 30.7 Å². The van der Waals surface area contributed by atoms with Crippen LogP contribution in [0, 0.1) is 6.92 Å². The maximum Gasteiger partial charge on any atom is 0.244 e.